The molecule has 2 rings (SSSR count). The van der Waals surface area contributed by atoms with Gasteiger partial charge in [0.25, 0.3) is 0 Å². The number of carboxylic acids is 1. The van der Waals surface area contributed by atoms with Crippen molar-refractivity contribution < 1.29 is 62.6 Å². The van der Waals surface area contributed by atoms with Gasteiger partial charge in [-0.25, -0.2) is 0 Å². The third-order valence-corrected chi connectivity index (χ3v) is 10.2. The number of aliphatic carboxylic acids is 1. The Kier molecular flexibility index (Phi) is 23.4. The van der Waals surface area contributed by atoms with Gasteiger partial charge in [-0.3, -0.25) is 52.7 Å². The fraction of sp³-hybridized carbons (Fsp3) is 0.571. The molecule has 1 saturated heterocycles. The van der Waals surface area contributed by atoms with Crippen molar-refractivity contribution in [2.75, 3.05) is 19.6 Å². The lowest BCUT2D eigenvalue weighted by molar-refractivity contribution is -0.141. The highest BCUT2D eigenvalue weighted by molar-refractivity contribution is 5.97. The Morgan fingerprint density at radius 2 is 1.29 bits per heavy atom. The van der Waals surface area contributed by atoms with E-state index in [9.17, 15) is 62.6 Å². The molecule has 14 N–H and O–H groups in total. The van der Waals surface area contributed by atoms with Crippen LogP contribution in [0.5, 0.6) is 0 Å². The van der Waals surface area contributed by atoms with E-state index in [4.69, 9.17) is 17.2 Å². The third-order valence-electron chi connectivity index (χ3n) is 10.2. The number of amides is 10. The summed E-state index contributed by atoms with van der Waals surface area (Å²) in [6.45, 7) is 3.75. The summed E-state index contributed by atoms with van der Waals surface area (Å²) in [5.41, 5.74) is 17.0. The van der Waals surface area contributed by atoms with Crippen LogP contribution in [0.25, 0.3) is 0 Å². The summed E-state index contributed by atoms with van der Waals surface area (Å²) in [4.78, 5) is 152. The van der Waals surface area contributed by atoms with Gasteiger partial charge in [0.15, 0.2) is 0 Å². The monoisotopic (exact) mass is 929 g/mol. The second-order valence-electron chi connectivity index (χ2n) is 16.3. The van der Waals surface area contributed by atoms with Crippen molar-refractivity contribution in [3.05, 3.63) is 35.9 Å². The van der Waals surface area contributed by atoms with E-state index in [1.807, 2.05) is 13.8 Å². The van der Waals surface area contributed by atoms with Crippen LogP contribution in [0.15, 0.2) is 30.3 Å². The molecule has 10 amide bonds. The number of carbonyl (C=O) groups excluding carboxylic acids is 11. The number of nitrogens with two attached hydrogens (primary N) is 3. The lowest BCUT2D eigenvalue weighted by atomic mass is 10.0. The number of primary amides is 2. The van der Waals surface area contributed by atoms with E-state index < -0.39 is 133 Å². The number of carboxylic acid groups (broad SMARTS) is 1. The van der Waals surface area contributed by atoms with Crippen LogP contribution in [0.2, 0.25) is 0 Å². The van der Waals surface area contributed by atoms with Gasteiger partial charge in [0.1, 0.15) is 36.5 Å². The number of carbonyl (C=O) groups is 12. The SMILES string of the molecule is CC(C)C[C@@H](C=O)NC(=O)[C@H](CCC(N)=O)NC(=O)[C@H](Cc1ccccc1)NC(=O)CNC(=O)CNC(=O)[C@H](CCC(=O)O)NC(=O)[C@H](C)NC(=O)[C@@H]1CCCN1C(=O)[C@@H](N)CCC(N)=O. The molecule has 7 atom stereocenters. The first-order valence-electron chi connectivity index (χ1n) is 21.5. The molecule has 66 heavy (non-hydrogen) atoms. The standard InChI is InChI=1S/C42H63N11O13/c1-23(2)18-26(22-54)49-39(63)29(12-15-33(45)56)52-40(64)30(19-25-8-5-4-6-9-25)50-35(58)21-46-34(57)20-47-38(62)28(13-16-36(59)60)51-37(61)24(3)48-41(65)31-10-7-17-53(31)42(66)27(43)11-14-32(44)55/h4-6,8-9,22-24,26-31H,7,10-21,43H2,1-3H3,(H2,44,55)(H2,45,56)(H,46,57)(H,47,62)(H,48,65)(H,49,63)(H,50,58)(H,51,61)(H,52,64)(H,59,60)/t24-,26-,27-,28-,29-,30-,31-/m0/s1. The number of hydrogen-bond donors (Lipinski definition) is 11. The minimum absolute atomic E-state index is 0.0258. The molecule has 0 aliphatic carbocycles. The number of nitrogens with zero attached hydrogens (tertiary/aromatic N) is 1. The highest BCUT2D eigenvalue weighted by Crippen LogP contribution is 2.19. The minimum Gasteiger partial charge on any atom is -0.481 e. The van der Waals surface area contributed by atoms with E-state index in [2.05, 4.69) is 37.2 Å². The lowest BCUT2D eigenvalue weighted by Crippen LogP contribution is -2.57. The molecule has 24 nitrogen and oxygen atoms in total. The smallest absolute Gasteiger partial charge is 0.303 e. The Hall–Kier alpha value is -6.98. The van der Waals surface area contributed by atoms with E-state index in [1.165, 1.54) is 11.8 Å². The predicted octanol–water partition coefficient (Wildman–Crippen LogP) is -4.14. The van der Waals surface area contributed by atoms with Crippen molar-refractivity contribution in [1.82, 2.24) is 42.1 Å². The Morgan fingerprint density at radius 3 is 1.89 bits per heavy atom. The van der Waals surface area contributed by atoms with Crippen molar-refractivity contribution in [2.45, 2.75) is 127 Å². The maximum atomic E-state index is 13.6. The van der Waals surface area contributed by atoms with Crippen molar-refractivity contribution in [2.24, 2.45) is 23.1 Å². The molecule has 0 aromatic heterocycles. The van der Waals surface area contributed by atoms with Crippen LogP contribution in [0.3, 0.4) is 0 Å². The van der Waals surface area contributed by atoms with Gasteiger partial charge in [-0.05, 0) is 56.9 Å². The van der Waals surface area contributed by atoms with Crippen LogP contribution in [0.1, 0.15) is 84.1 Å². The van der Waals surface area contributed by atoms with Crippen molar-refractivity contribution in [1.29, 1.82) is 0 Å². The number of likely N-dealkylation sites (tertiary alicyclic amines) is 1. The molecule has 0 saturated carbocycles. The van der Waals surface area contributed by atoms with Gasteiger partial charge < -0.3 is 69.2 Å². The van der Waals surface area contributed by atoms with E-state index >= 15 is 0 Å². The van der Waals surface area contributed by atoms with Crippen molar-refractivity contribution >= 4 is 71.3 Å². The molecule has 364 valence electrons. The first kappa shape index (κ1) is 55.2. The van der Waals surface area contributed by atoms with Crippen LogP contribution in [0.4, 0.5) is 0 Å². The quantitative estimate of drug-likeness (QED) is 0.0340. The van der Waals surface area contributed by atoms with Gasteiger partial charge in [0.05, 0.1) is 25.2 Å². The number of rotatable bonds is 29. The molecule has 0 spiro atoms. The predicted molar refractivity (Wildman–Crippen MR) is 233 cm³/mol. The molecule has 1 aromatic rings. The summed E-state index contributed by atoms with van der Waals surface area (Å²) in [5.74, 6) is -9.14. The van der Waals surface area contributed by atoms with Gasteiger partial charge in [0, 0.05) is 32.2 Å². The van der Waals surface area contributed by atoms with Gasteiger partial charge in [0.2, 0.25) is 59.1 Å². The first-order chi connectivity index (χ1) is 31.1. The Balaban J connectivity index is 2.05. The largest absolute Gasteiger partial charge is 0.481 e. The minimum atomic E-state index is -1.50. The van der Waals surface area contributed by atoms with Gasteiger partial charge in [-0.1, -0.05) is 44.2 Å². The molecule has 0 unspecified atom stereocenters. The summed E-state index contributed by atoms with van der Waals surface area (Å²) in [6, 6.07) is 0.120. The van der Waals surface area contributed by atoms with Crippen molar-refractivity contribution in [3.63, 3.8) is 0 Å². The summed E-state index contributed by atoms with van der Waals surface area (Å²) in [7, 11) is 0. The molecule has 1 heterocycles. The molecule has 1 aromatic carbocycles. The van der Waals surface area contributed by atoms with E-state index in [-0.39, 0.29) is 51.0 Å². The fourth-order valence-electron chi connectivity index (χ4n) is 6.75. The molecular formula is C42H63N11O13. The summed E-state index contributed by atoms with van der Waals surface area (Å²) >= 11 is 0. The average molecular weight is 930 g/mol. The molecule has 1 aliphatic rings. The Bertz CT molecular complexity index is 1920. The number of hydrogen-bond acceptors (Lipinski definition) is 13. The van der Waals surface area contributed by atoms with E-state index in [1.54, 1.807) is 30.3 Å². The maximum absolute atomic E-state index is 13.6. The highest BCUT2D eigenvalue weighted by Gasteiger charge is 2.37. The van der Waals surface area contributed by atoms with Gasteiger partial charge in [-0.2, -0.15) is 0 Å². The van der Waals surface area contributed by atoms with Crippen LogP contribution in [0, 0.1) is 5.92 Å². The summed E-state index contributed by atoms with van der Waals surface area (Å²) in [6.07, 6.45) is -0.159. The number of benzene rings is 1. The normalized spacial score (nSPS) is 15.9. The summed E-state index contributed by atoms with van der Waals surface area (Å²) in [5, 5.41) is 26.2. The van der Waals surface area contributed by atoms with E-state index in [0.717, 1.165) is 0 Å². The third kappa shape index (κ3) is 20.2. The van der Waals surface area contributed by atoms with Crippen LogP contribution < -0.4 is 54.4 Å². The Morgan fingerprint density at radius 1 is 0.712 bits per heavy atom. The van der Waals surface area contributed by atoms with Gasteiger partial charge in [-0.15, -0.1) is 0 Å². The summed E-state index contributed by atoms with van der Waals surface area (Å²) < 4.78 is 0. The van der Waals surface area contributed by atoms with Crippen LogP contribution in [-0.4, -0.2) is 143 Å². The number of aldehydes is 1. The van der Waals surface area contributed by atoms with E-state index in [0.29, 0.717) is 24.7 Å². The Labute approximate surface area is 381 Å². The number of nitrogens with one attached hydrogen (secondary N) is 7. The molecule has 0 bridgehead atoms. The lowest BCUT2D eigenvalue weighted by Gasteiger charge is -2.28. The molecule has 24 heteroatoms. The zero-order chi connectivity index (χ0) is 49.5. The van der Waals surface area contributed by atoms with Crippen LogP contribution >= 0.6 is 0 Å². The second kappa shape index (κ2) is 28.0. The molecular weight excluding hydrogens is 867 g/mol. The van der Waals surface area contributed by atoms with Gasteiger partial charge >= 0.3 is 5.97 Å². The average Bonchev–Trinajstić information content (AvgIpc) is 3.76. The topological polar surface area (TPSA) is 391 Å². The van der Waals surface area contributed by atoms with Crippen LogP contribution in [-0.2, 0) is 64.0 Å². The highest BCUT2D eigenvalue weighted by atomic mass is 16.4. The second-order valence-corrected chi connectivity index (χ2v) is 16.3. The first-order valence-corrected chi connectivity index (χ1v) is 21.5. The maximum Gasteiger partial charge on any atom is 0.303 e. The molecule has 1 fully saturated rings. The zero-order valence-corrected chi connectivity index (χ0v) is 37.3. The molecule has 0 radical (unpaired) electrons. The zero-order valence-electron chi connectivity index (χ0n) is 37.3. The fourth-order valence-corrected chi connectivity index (χ4v) is 6.75. The molecule has 1 aliphatic heterocycles. The van der Waals surface area contributed by atoms with Crippen molar-refractivity contribution in [3.8, 4) is 0 Å².